The molecular weight excluding hydrogens is 480 g/mol. The maximum absolute atomic E-state index is 3.25. The molecule has 0 atom stereocenters. The van der Waals surface area contributed by atoms with Gasteiger partial charge >= 0.3 is 30.2 Å². The summed E-state index contributed by atoms with van der Waals surface area (Å²) >= 11 is 1.36. The molecule has 0 N–H and O–H groups in total. The molecule has 0 spiro atoms. The summed E-state index contributed by atoms with van der Waals surface area (Å²) in [7, 11) is 0. The normalized spacial score (nSPS) is 9.47. The van der Waals surface area contributed by atoms with E-state index >= 15 is 0 Å². The van der Waals surface area contributed by atoms with E-state index in [4.69, 9.17) is 0 Å². The molecule has 2 radical (unpaired) electrons. The molecule has 0 aliphatic rings. The summed E-state index contributed by atoms with van der Waals surface area (Å²) in [6, 6.07) is 26.2. The van der Waals surface area contributed by atoms with Gasteiger partial charge in [-0.05, 0) is 5.39 Å². The Hall–Kier alpha value is -1.76. The van der Waals surface area contributed by atoms with Gasteiger partial charge in [0, 0.05) is 0 Å². The summed E-state index contributed by atoms with van der Waals surface area (Å²) in [4.78, 5) is 0. The molecule has 0 aromatic heterocycles. The van der Waals surface area contributed by atoms with Crippen LogP contribution in [-0.2, 0) is 23.3 Å². The van der Waals surface area contributed by atoms with Crippen molar-refractivity contribution in [1.29, 1.82) is 0 Å². The van der Waals surface area contributed by atoms with Crippen molar-refractivity contribution in [3.8, 4) is 0 Å². The van der Waals surface area contributed by atoms with Gasteiger partial charge in [0.25, 0.3) is 0 Å². The van der Waals surface area contributed by atoms with Gasteiger partial charge in [0.1, 0.15) is 0 Å². The summed E-state index contributed by atoms with van der Waals surface area (Å²) in [5.74, 6) is 0. The van der Waals surface area contributed by atoms with E-state index in [-0.39, 0.29) is 0 Å². The Kier molecular flexibility index (Phi) is 12.7. The van der Waals surface area contributed by atoms with E-state index in [0.29, 0.717) is 0 Å². The van der Waals surface area contributed by atoms with E-state index in [1.54, 1.807) is 13.8 Å². The quantitative estimate of drug-likeness (QED) is 0.143. The van der Waals surface area contributed by atoms with Crippen molar-refractivity contribution in [2.24, 2.45) is 0 Å². The second-order valence-electron chi connectivity index (χ2n) is 7.24. The number of aryl methyl sites for hydroxylation is 2. The van der Waals surface area contributed by atoms with Gasteiger partial charge in [-0.2, -0.15) is 42.2 Å². The average molecular weight is 514 g/mol. The van der Waals surface area contributed by atoms with Gasteiger partial charge in [-0.15, -0.1) is 39.7 Å². The Bertz CT molecular complexity index is 1210. The minimum atomic E-state index is 1.32. The zero-order valence-corrected chi connectivity index (χ0v) is 23.8. The number of hydrogen-bond donors (Lipinski definition) is 0. The van der Waals surface area contributed by atoms with Crippen LogP contribution in [0, 0.1) is 41.5 Å². The van der Waals surface area contributed by atoms with Gasteiger partial charge in [-0.1, -0.05) is 81.6 Å². The average Bonchev–Trinajstić information content (AvgIpc) is 3.36. The van der Waals surface area contributed by atoms with E-state index in [2.05, 4.69) is 121 Å². The van der Waals surface area contributed by atoms with Crippen LogP contribution in [0.15, 0.2) is 72.8 Å². The fourth-order valence-electron chi connectivity index (χ4n) is 3.86. The third-order valence-electron chi connectivity index (χ3n) is 5.68. The van der Waals surface area contributed by atoms with Gasteiger partial charge in [-0.25, -0.2) is 0 Å². The first-order valence-corrected chi connectivity index (χ1v) is 15.1. The van der Waals surface area contributed by atoms with Crippen molar-refractivity contribution in [1.82, 2.24) is 0 Å². The van der Waals surface area contributed by atoms with E-state index < -0.39 is 0 Å². The number of fused-ring (bicyclic) bond motifs is 5. The smallest absolute Gasteiger partial charge is 0.0333 e. The predicted octanol–water partition coefficient (Wildman–Crippen LogP) is 8.80. The third kappa shape index (κ3) is 6.40. The fourth-order valence-corrected chi connectivity index (χ4v) is 3.86. The first-order chi connectivity index (χ1) is 15.6. The molecule has 0 aliphatic heterocycles. The van der Waals surface area contributed by atoms with Crippen LogP contribution in [0.2, 0.25) is 0 Å². The molecular formula is C30H34SiZr-4. The fraction of sp³-hybridized carbons (Fsp3) is 0.200. The van der Waals surface area contributed by atoms with E-state index in [1.807, 2.05) is 0 Å². The van der Waals surface area contributed by atoms with Crippen LogP contribution >= 0.6 is 0 Å². The topological polar surface area (TPSA) is 0 Å². The molecule has 0 saturated carbocycles. The number of benzene rings is 3. The second-order valence-corrected chi connectivity index (χ2v) is 7.24. The molecule has 5 aromatic rings. The van der Waals surface area contributed by atoms with Crippen LogP contribution in [-0.4, -0.2) is 6.88 Å². The SMILES string of the molecule is Cc1[cH-]c(C)c(C)c1C.[CH2-]C.[CH2-]C.[Si]=[Zr].c1ccc2c(c1)ccc1[cH-]c3ccccc3c12. The minimum absolute atomic E-state index is 1.32. The van der Waals surface area contributed by atoms with Gasteiger partial charge in [-0.3, -0.25) is 0 Å². The van der Waals surface area contributed by atoms with E-state index in [0.717, 1.165) is 0 Å². The van der Waals surface area contributed by atoms with Gasteiger partial charge in [0.05, 0.1) is 0 Å². The first-order valence-electron chi connectivity index (χ1n) is 10.9. The molecule has 0 fully saturated rings. The predicted molar refractivity (Wildman–Crippen MR) is 143 cm³/mol. The zero-order chi connectivity index (χ0) is 24.3. The maximum Gasteiger partial charge on any atom is -0.0333 e. The Morgan fingerprint density at radius 1 is 0.594 bits per heavy atom. The summed E-state index contributed by atoms with van der Waals surface area (Å²) in [6.07, 6.45) is 0. The summed E-state index contributed by atoms with van der Waals surface area (Å²) in [5, 5.41) is 8.09. The molecule has 32 heavy (non-hydrogen) atoms. The first kappa shape index (κ1) is 28.3. The maximum atomic E-state index is 3.25. The molecule has 5 rings (SSSR count). The summed E-state index contributed by atoms with van der Waals surface area (Å²) in [5.41, 5.74) is 5.75. The van der Waals surface area contributed by atoms with Crippen LogP contribution in [0.25, 0.3) is 32.3 Å². The molecule has 2 heteroatoms. The van der Waals surface area contributed by atoms with Gasteiger partial charge in [0.2, 0.25) is 0 Å². The monoisotopic (exact) mass is 512 g/mol. The second kappa shape index (κ2) is 14.4. The van der Waals surface area contributed by atoms with Crippen LogP contribution in [0.1, 0.15) is 36.1 Å². The van der Waals surface area contributed by atoms with Crippen molar-refractivity contribution < 1.29 is 23.3 Å². The molecule has 5 aromatic carbocycles. The van der Waals surface area contributed by atoms with Crippen LogP contribution < -0.4 is 0 Å². The molecule has 0 bridgehead atoms. The molecule has 0 nitrogen and oxygen atoms in total. The Labute approximate surface area is 212 Å². The van der Waals surface area contributed by atoms with Crippen molar-refractivity contribution in [3.05, 3.63) is 109 Å². The molecule has 166 valence electrons. The molecule has 0 saturated heterocycles. The van der Waals surface area contributed by atoms with Crippen LogP contribution in [0.4, 0.5) is 0 Å². The summed E-state index contributed by atoms with van der Waals surface area (Å²) < 4.78 is 0. The Morgan fingerprint density at radius 2 is 1.09 bits per heavy atom. The van der Waals surface area contributed by atoms with Crippen molar-refractivity contribution in [2.75, 3.05) is 0 Å². The Morgan fingerprint density at radius 3 is 1.62 bits per heavy atom. The zero-order valence-electron chi connectivity index (χ0n) is 20.3. The molecule has 0 aliphatic carbocycles. The number of rotatable bonds is 0. The molecule has 0 heterocycles. The molecule has 0 amide bonds. The van der Waals surface area contributed by atoms with Crippen LogP contribution in [0.3, 0.4) is 0 Å². The Balaban J connectivity index is 0.000000292. The minimum Gasteiger partial charge on any atom is -0.126 e. The van der Waals surface area contributed by atoms with Crippen molar-refractivity contribution in [2.45, 2.75) is 41.5 Å². The van der Waals surface area contributed by atoms with Gasteiger partial charge in [0.15, 0.2) is 0 Å². The van der Waals surface area contributed by atoms with E-state index in [9.17, 15) is 0 Å². The van der Waals surface area contributed by atoms with Crippen molar-refractivity contribution >= 4 is 39.2 Å². The molecule has 0 unspecified atom stereocenters. The van der Waals surface area contributed by atoms with Crippen molar-refractivity contribution in [3.63, 3.8) is 0 Å². The summed E-state index contributed by atoms with van der Waals surface area (Å²) in [6.45, 7) is 21.7. The van der Waals surface area contributed by atoms with Gasteiger partial charge < -0.3 is 13.8 Å². The standard InChI is InChI=1S/C17H11.C9H13.2C2H5.Si.Zr/c1-3-7-15-12(5-1)9-10-14-11-13-6-2-4-8-16(13)17(14)15;1-6-5-7(2)9(4)8(6)3;2*1-2;;/h1-11H;5H,1-4H3;2*1H2,2H3;;/q4*-1;;. The number of hydrogen-bond acceptors (Lipinski definition) is 0. The van der Waals surface area contributed by atoms with E-state index in [1.165, 1.54) is 77.9 Å². The third-order valence-corrected chi connectivity index (χ3v) is 5.68. The van der Waals surface area contributed by atoms with Crippen LogP contribution in [0.5, 0.6) is 0 Å². The largest absolute Gasteiger partial charge is 0.126 e.